The van der Waals surface area contributed by atoms with Gasteiger partial charge in [-0.2, -0.15) is 0 Å². The number of hydrogen-bond acceptors (Lipinski definition) is 2. The van der Waals surface area contributed by atoms with Crippen LogP contribution in [0.25, 0.3) is 0 Å². The average molecular weight is 286 g/mol. The van der Waals surface area contributed by atoms with E-state index in [0.717, 1.165) is 17.8 Å². The molecule has 82 valence electrons. The van der Waals surface area contributed by atoms with Crippen LogP contribution in [0, 0.1) is 17.8 Å². The predicted molar refractivity (Wildman–Crippen MR) is 68.1 cm³/mol. The highest BCUT2D eigenvalue weighted by Crippen LogP contribution is 2.57. The molecule has 0 saturated heterocycles. The quantitative estimate of drug-likeness (QED) is 0.890. The second-order valence-electron chi connectivity index (χ2n) is 4.90. The lowest BCUT2D eigenvalue weighted by atomic mass is 9.93. The minimum absolute atomic E-state index is 0.592. The molecule has 2 fully saturated rings. The Hall–Kier alpha value is 0.140. The number of halogens is 1. The van der Waals surface area contributed by atoms with Crippen molar-refractivity contribution in [3.05, 3.63) is 20.8 Å². The molecule has 1 heterocycles. The van der Waals surface area contributed by atoms with Gasteiger partial charge in [-0.3, -0.25) is 0 Å². The number of rotatable bonds is 3. The molecule has 2 saturated carbocycles. The van der Waals surface area contributed by atoms with Gasteiger partial charge in [0, 0.05) is 10.9 Å². The maximum atomic E-state index is 3.55. The largest absolute Gasteiger partial charge is 0.312 e. The minimum Gasteiger partial charge on any atom is -0.312 e. The third-order valence-corrected chi connectivity index (χ3v) is 5.67. The van der Waals surface area contributed by atoms with Gasteiger partial charge in [0.05, 0.1) is 3.79 Å². The van der Waals surface area contributed by atoms with Gasteiger partial charge in [0.25, 0.3) is 0 Å². The van der Waals surface area contributed by atoms with E-state index in [1.54, 1.807) is 0 Å². The fraction of sp³-hybridized carbons (Fsp3) is 0.667. The monoisotopic (exact) mass is 285 g/mol. The van der Waals surface area contributed by atoms with Gasteiger partial charge in [0.1, 0.15) is 0 Å². The van der Waals surface area contributed by atoms with Crippen LogP contribution in [0.5, 0.6) is 0 Å². The summed E-state index contributed by atoms with van der Waals surface area (Å²) >= 11 is 5.43. The summed E-state index contributed by atoms with van der Waals surface area (Å²) in [5.41, 5.74) is 0. The molecular weight excluding hydrogens is 270 g/mol. The minimum atomic E-state index is 0.592. The molecule has 3 rings (SSSR count). The summed E-state index contributed by atoms with van der Waals surface area (Å²) in [6.45, 7) is 0. The molecule has 0 spiro atoms. The Morgan fingerprint density at radius 1 is 1.33 bits per heavy atom. The fourth-order valence-electron chi connectivity index (χ4n) is 3.14. The van der Waals surface area contributed by atoms with Crippen molar-refractivity contribution in [2.24, 2.45) is 17.8 Å². The van der Waals surface area contributed by atoms with Gasteiger partial charge in [-0.15, -0.1) is 11.3 Å². The van der Waals surface area contributed by atoms with Crippen LogP contribution in [-0.4, -0.2) is 7.05 Å². The molecule has 3 unspecified atom stereocenters. The van der Waals surface area contributed by atoms with Crippen LogP contribution in [0.2, 0.25) is 0 Å². The molecule has 2 aliphatic carbocycles. The van der Waals surface area contributed by atoms with Crippen LogP contribution in [0.15, 0.2) is 15.9 Å². The Kier molecular flexibility index (Phi) is 2.65. The molecule has 0 aliphatic heterocycles. The second-order valence-corrected chi connectivity index (χ2v) is 7.39. The summed E-state index contributed by atoms with van der Waals surface area (Å²) in [7, 11) is 2.10. The van der Waals surface area contributed by atoms with Crippen molar-refractivity contribution in [3.63, 3.8) is 0 Å². The van der Waals surface area contributed by atoms with Gasteiger partial charge in [0.15, 0.2) is 0 Å². The summed E-state index contributed by atoms with van der Waals surface area (Å²) in [6.07, 6.45) is 4.42. The average Bonchev–Trinajstić information content (AvgIpc) is 2.63. The van der Waals surface area contributed by atoms with Gasteiger partial charge in [-0.25, -0.2) is 0 Å². The van der Waals surface area contributed by atoms with E-state index in [0.29, 0.717) is 6.04 Å². The van der Waals surface area contributed by atoms with E-state index in [4.69, 9.17) is 0 Å². The molecule has 0 radical (unpaired) electrons. The maximum Gasteiger partial charge on any atom is 0.0701 e. The van der Waals surface area contributed by atoms with Crippen LogP contribution >= 0.6 is 27.3 Å². The van der Waals surface area contributed by atoms with Crippen molar-refractivity contribution >= 4 is 27.3 Å². The fourth-order valence-corrected chi connectivity index (χ4v) is 4.77. The highest BCUT2D eigenvalue weighted by molar-refractivity contribution is 9.11. The zero-order valence-corrected chi connectivity index (χ0v) is 11.3. The lowest BCUT2D eigenvalue weighted by Crippen LogP contribution is -2.23. The topological polar surface area (TPSA) is 12.0 Å². The molecular formula is C12H16BrNS. The van der Waals surface area contributed by atoms with Gasteiger partial charge in [-0.05, 0) is 72.1 Å². The molecule has 1 N–H and O–H groups in total. The molecule has 0 aromatic carbocycles. The highest BCUT2D eigenvalue weighted by Gasteiger charge is 2.47. The van der Waals surface area contributed by atoms with Gasteiger partial charge in [0.2, 0.25) is 0 Å². The first-order valence-corrected chi connectivity index (χ1v) is 7.31. The van der Waals surface area contributed by atoms with Crippen molar-refractivity contribution in [1.29, 1.82) is 0 Å². The van der Waals surface area contributed by atoms with Crippen LogP contribution in [0.3, 0.4) is 0 Å². The van der Waals surface area contributed by atoms with Gasteiger partial charge < -0.3 is 5.32 Å². The molecule has 0 amide bonds. The Morgan fingerprint density at radius 2 is 2.07 bits per heavy atom. The molecule has 3 atom stereocenters. The third kappa shape index (κ3) is 1.90. The Bertz CT molecular complexity index is 352. The summed E-state index contributed by atoms with van der Waals surface area (Å²) in [5.74, 6) is 3.04. The maximum absolute atomic E-state index is 3.55. The predicted octanol–water partition coefficient (Wildman–Crippen LogP) is 3.82. The van der Waals surface area contributed by atoms with Gasteiger partial charge >= 0.3 is 0 Å². The molecule has 3 heteroatoms. The van der Waals surface area contributed by atoms with E-state index in [-0.39, 0.29) is 0 Å². The first-order valence-electron chi connectivity index (χ1n) is 5.70. The van der Waals surface area contributed by atoms with E-state index in [9.17, 15) is 0 Å². The third-order valence-electron chi connectivity index (χ3n) is 3.96. The lowest BCUT2D eigenvalue weighted by molar-refractivity contribution is 0.364. The number of hydrogen-bond donors (Lipinski definition) is 1. The Morgan fingerprint density at radius 3 is 2.60 bits per heavy atom. The van der Waals surface area contributed by atoms with Crippen molar-refractivity contribution in [2.45, 2.75) is 25.3 Å². The molecule has 1 aromatic heterocycles. The van der Waals surface area contributed by atoms with Crippen LogP contribution < -0.4 is 5.32 Å². The molecule has 0 bridgehead atoms. The van der Waals surface area contributed by atoms with Crippen molar-refractivity contribution in [3.8, 4) is 0 Å². The zero-order valence-electron chi connectivity index (χ0n) is 8.87. The van der Waals surface area contributed by atoms with Crippen molar-refractivity contribution in [2.75, 3.05) is 7.05 Å². The zero-order chi connectivity index (χ0) is 10.4. The Balaban J connectivity index is 1.76. The first-order chi connectivity index (χ1) is 7.28. The standard InChI is InChI=1S/C12H16BrNS/c1-14-12(10-2-3-11(13)15-10)9-5-7-4-8(7)6-9/h2-3,7-9,12,14H,4-6H2,1H3. The van der Waals surface area contributed by atoms with E-state index in [1.807, 2.05) is 11.3 Å². The normalized spacial score (nSPS) is 35.2. The van der Waals surface area contributed by atoms with E-state index < -0.39 is 0 Å². The molecule has 15 heavy (non-hydrogen) atoms. The Labute approximate surface area is 103 Å². The molecule has 2 aliphatic rings. The lowest BCUT2D eigenvalue weighted by Gasteiger charge is -2.23. The van der Waals surface area contributed by atoms with Crippen molar-refractivity contribution < 1.29 is 0 Å². The van der Waals surface area contributed by atoms with E-state index in [2.05, 4.69) is 40.4 Å². The van der Waals surface area contributed by atoms with E-state index in [1.165, 1.54) is 27.9 Å². The highest BCUT2D eigenvalue weighted by atomic mass is 79.9. The second kappa shape index (κ2) is 3.86. The molecule has 1 nitrogen and oxygen atoms in total. The first kappa shape index (κ1) is 10.3. The SMILES string of the molecule is CNC(c1ccc(Br)s1)C1CC2CC2C1. The number of thiophene rings is 1. The van der Waals surface area contributed by atoms with Gasteiger partial charge in [-0.1, -0.05) is 0 Å². The number of fused-ring (bicyclic) bond motifs is 1. The summed E-state index contributed by atoms with van der Waals surface area (Å²) < 4.78 is 1.25. The molecule has 1 aromatic rings. The van der Waals surface area contributed by atoms with Crippen LogP contribution in [0.1, 0.15) is 30.2 Å². The summed E-state index contributed by atoms with van der Waals surface area (Å²) in [5, 5.41) is 3.50. The van der Waals surface area contributed by atoms with Crippen LogP contribution in [0.4, 0.5) is 0 Å². The number of nitrogens with one attached hydrogen (secondary N) is 1. The smallest absolute Gasteiger partial charge is 0.0701 e. The summed E-state index contributed by atoms with van der Waals surface area (Å²) in [6, 6.07) is 5.02. The van der Waals surface area contributed by atoms with Crippen molar-refractivity contribution in [1.82, 2.24) is 5.32 Å². The summed E-state index contributed by atoms with van der Waals surface area (Å²) in [4.78, 5) is 1.50. The van der Waals surface area contributed by atoms with E-state index >= 15 is 0 Å². The van der Waals surface area contributed by atoms with Crippen LogP contribution in [-0.2, 0) is 0 Å².